The van der Waals surface area contributed by atoms with Crippen LogP contribution in [0.15, 0.2) is 0 Å². The fraction of sp³-hybridized carbons (Fsp3) is 0.867. The summed E-state index contributed by atoms with van der Waals surface area (Å²) in [5.74, 6) is 0.0153. The Bertz CT molecular complexity index is 366. The van der Waals surface area contributed by atoms with Gasteiger partial charge in [0.15, 0.2) is 0 Å². The summed E-state index contributed by atoms with van der Waals surface area (Å²) in [5, 5.41) is 2.89. The first kappa shape index (κ1) is 17.0. The van der Waals surface area contributed by atoms with Gasteiger partial charge in [-0.3, -0.25) is 9.59 Å². The van der Waals surface area contributed by atoms with Gasteiger partial charge in [-0.05, 0) is 26.7 Å². The van der Waals surface area contributed by atoms with E-state index in [2.05, 4.69) is 5.32 Å². The highest BCUT2D eigenvalue weighted by Gasteiger charge is 2.33. The van der Waals surface area contributed by atoms with E-state index in [9.17, 15) is 9.59 Å². The highest BCUT2D eigenvalue weighted by molar-refractivity contribution is 5.83. The molecule has 1 aliphatic rings. The minimum Gasteiger partial charge on any atom is -0.354 e. The molecule has 0 aromatic heterocycles. The van der Waals surface area contributed by atoms with E-state index < -0.39 is 11.0 Å². The number of hydrogen-bond acceptors (Lipinski definition) is 3. The van der Waals surface area contributed by atoms with Crippen LogP contribution in [0.1, 0.15) is 47.5 Å². The van der Waals surface area contributed by atoms with Crippen molar-refractivity contribution in [3.63, 3.8) is 0 Å². The largest absolute Gasteiger partial charge is 0.354 e. The number of hydrogen-bond donors (Lipinski definition) is 2. The zero-order chi connectivity index (χ0) is 15.6. The lowest BCUT2D eigenvalue weighted by atomic mass is 9.91. The lowest BCUT2D eigenvalue weighted by Crippen LogP contribution is -2.51. The first-order valence-corrected chi connectivity index (χ1v) is 7.37. The molecule has 1 rings (SSSR count). The smallest absolute Gasteiger partial charge is 0.227 e. The molecule has 0 aromatic rings. The minimum atomic E-state index is -0.411. The summed E-state index contributed by atoms with van der Waals surface area (Å²) < 4.78 is 0. The molecule has 1 heterocycles. The molecule has 116 valence electrons. The van der Waals surface area contributed by atoms with E-state index in [4.69, 9.17) is 5.73 Å². The maximum Gasteiger partial charge on any atom is 0.227 e. The molecule has 0 aliphatic carbocycles. The number of carbonyl (C=O) groups is 2. The number of piperidine rings is 1. The van der Waals surface area contributed by atoms with Crippen LogP contribution in [0.3, 0.4) is 0 Å². The highest BCUT2D eigenvalue weighted by atomic mass is 16.2. The second kappa shape index (κ2) is 6.12. The first-order valence-electron chi connectivity index (χ1n) is 7.37. The summed E-state index contributed by atoms with van der Waals surface area (Å²) in [7, 11) is 0. The van der Waals surface area contributed by atoms with Gasteiger partial charge in [-0.15, -0.1) is 0 Å². The normalized spacial score (nSPS) is 20.7. The second-order valence-electron chi connectivity index (χ2n) is 7.55. The molecular weight excluding hydrogens is 254 g/mol. The Morgan fingerprint density at radius 1 is 1.25 bits per heavy atom. The molecule has 1 atom stereocenters. The number of carbonyl (C=O) groups excluding carboxylic acids is 2. The van der Waals surface area contributed by atoms with Crippen molar-refractivity contribution in [3.8, 4) is 0 Å². The summed E-state index contributed by atoms with van der Waals surface area (Å²) in [5.41, 5.74) is 5.06. The Labute approximate surface area is 122 Å². The highest BCUT2D eigenvalue weighted by Crippen LogP contribution is 2.23. The van der Waals surface area contributed by atoms with Gasteiger partial charge in [0, 0.05) is 30.6 Å². The predicted octanol–water partition coefficient (Wildman–Crippen LogP) is 1.12. The van der Waals surface area contributed by atoms with Gasteiger partial charge in [0.1, 0.15) is 0 Å². The predicted molar refractivity (Wildman–Crippen MR) is 80.0 cm³/mol. The molecule has 0 aromatic carbocycles. The van der Waals surface area contributed by atoms with Gasteiger partial charge < -0.3 is 16.0 Å². The van der Waals surface area contributed by atoms with E-state index in [1.54, 1.807) is 0 Å². The van der Waals surface area contributed by atoms with Crippen LogP contribution >= 0.6 is 0 Å². The molecule has 0 radical (unpaired) electrons. The molecule has 5 nitrogen and oxygen atoms in total. The third-order valence-corrected chi connectivity index (χ3v) is 3.44. The van der Waals surface area contributed by atoms with Gasteiger partial charge in [-0.25, -0.2) is 0 Å². The van der Waals surface area contributed by atoms with Crippen LogP contribution in [0.5, 0.6) is 0 Å². The van der Waals surface area contributed by atoms with E-state index >= 15 is 0 Å². The van der Waals surface area contributed by atoms with E-state index in [-0.39, 0.29) is 17.7 Å². The molecule has 0 spiro atoms. The van der Waals surface area contributed by atoms with Crippen LogP contribution in [0.2, 0.25) is 0 Å². The lowest BCUT2D eigenvalue weighted by Gasteiger charge is -2.36. The number of nitrogens with two attached hydrogens (primary N) is 1. The van der Waals surface area contributed by atoms with Crippen LogP contribution in [0.4, 0.5) is 0 Å². The van der Waals surface area contributed by atoms with E-state index in [0.29, 0.717) is 13.1 Å². The lowest BCUT2D eigenvalue weighted by molar-refractivity contribution is -0.142. The Kier molecular flexibility index (Phi) is 5.19. The number of likely N-dealkylation sites (tertiary alicyclic amines) is 1. The van der Waals surface area contributed by atoms with Crippen molar-refractivity contribution in [2.45, 2.75) is 53.0 Å². The quantitative estimate of drug-likeness (QED) is 0.815. The fourth-order valence-corrected chi connectivity index (χ4v) is 2.31. The fourth-order valence-electron chi connectivity index (χ4n) is 2.31. The van der Waals surface area contributed by atoms with Crippen LogP contribution in [0.25, 0.3) is 0 Å². The van der Waals surface area contributed by atoms with Crippen LogP contribution < -0.4 is 11.1 Å². The third-order valence-electron chi connectivity index (χ3n) is 3.44. The van der Waals surface area contributed by atoms with E-state index in [1.807, 2.05) is 39.5 Å². The number of amides is 2. The van der Waals surface area contributed by atoms with E-state index in [0.717, 1.165) is 19.4 Å². The Morgan fingerprint density at radius 3 is 2.35 bits per heavy atom. The van der Waals surface area contributed by atoms with Crippen LogP contribution in [-0.4, -0.2) is 41.9 Å². The standard InChI is InChI=1S/C15H29N3O2/c1-14(2,3)13(20)18-8-6-7-11(9-18)12(19)17-10-15(4,5)16/h11H,6-10,16H2,1-5H3,(H,17,19). The van der Waals surface area contributed by atoms with Crippen molar-refractivity contribution in [1.29, 1.82) is 0 Å². The van der Waals surface area contributed by atoms with Gasteiger partial charge in [-0.2, -0.15) is 0 Å². The zero-order valence-corrected chi connectivity index (χ0v) is 13.5. The van der Waals surface area contributed by atoms with E-state index in [1.165, 1.54) is 0 Å². The molecule has 0 saturated carbocycles. The van der Waals surface area contributed by atoms with Gasteiger partial charge >= 0.3 is 0 Å². The summed E-state index contributed by atoms with van der Waals surface area (Å²) in [6, 6.07) is 0. The summed E-state index contributed by atoms with van der Waals surface area (Å²) in [6.45, 7) is 11.2. The topological polar surface area (TPSA) is 75.4 Å². The van der Waals surface area contributed by atoms with Gasteiger partial charge in [0.25, 0.3) is 0 Å². The van der Waals surface area contributed by atoms with Crippen molar-refractivity contribution in [1.82, 2.24) is 10.2 Å². The number of nitrogens with zero attached hydrogens (tertiary/aromatic N) is 1. The third kappa shape index (κ3) is 5.12. The molecule has 1 aliphatic heterocycles. The first-order chi connectivity index (χ1) is 9.00. The van der Waals surface area contributed by atoms with Crippen molar-refractivity contribution in [2.24, 2.45) is 17.1 Å². The second-order valence-corrected chi connectivity index (χ2v) is 7.55. The van der Waals surface area contributed by atoms with Crippen LogP contribution in [0, 0.1) is 11.3 Å². The molecule has 20 heavy (non-hydrogen) atoms. The Balaban J connectivity index is 2.57. The molecule has 1 fully saturated rings. The Hall–Kier alpha value is -1.10. The van der Waals surface area contributed by atoms with Gasteiger partial charge in [-0.1, -0.05) is 20.8 Å². The van der Waals surface area contributed by atoms with Gasteiger partial charge in [0.2, 0.25) is 11.8 Å². The maximum absolute atomic E-state index is 12.3. The summed E-state index contributed by atoms with van der Waals surface area (Å²) in [4.78, 5) is 26.3. The van der Waals surface area contributed by atoms with Crippen molar-refractivity contribution < 1.29 is 9.59 Å². The molecule has 0 bridgehead atoms. The molecular formula is C15H29N3O2. The molecule has 1 saturated heterocycles. The summed E-state index contributed by atoms with van der Waals surface area (Å²) >= 11 is 0. The Morgan fingerprint density at radius 2 is 1.85 bits per heavy atom. The number of nitrogens with one attached hydrogen (secondary N) is 1. The molecule has 2 amide bonds. The van der Waals surface area contributed by atoms with Crippen molar-refractivity contribution >= 4 is 11.8 Å². The average molecular weight is 283 g/mol. The zero-order valence-electron chi connectivity index (χ0n) is 13.5. The monoisotopic (exact) mass is 283 g/mol. The van der Waals surface area contributed by atoms with Gasteiger partial charge in [0.05, 0.1) is 5.92 Å². The van der Waals surface area contributed by atoms with Crippen molar-refractivity contribution in [2.75, 3.05) is 19.6 Å². The maximum atomic E-state index is 12.3. The summed E-state index contributed by atoms with van der Waals surface area (Å²) in [6.07, 6.45) is 1.72. The molecule has 1 unspecified atom stereocenters. The van der Waals surface area contributed by atoms with Crippen LogP contribution in [-0.2, 0) is 9.59 Å². The van der Waals surface area contributed by atoms with Crippen molar-refractivity contribution in [3.05, 3.63) is 0 Å². The number of rotatable bonds is 3. The minimum absolute atomic E-state index is 0.00920. The molecule has 3 N–H and O–H groups in total. The molecule has 5 heteroatoms. The SMILES string of the molecule is CC(C)(N)CNC(=O)C1CCCN(C(=O)C(C)(C)C)C1. The average Bonchev–Trinajstić information content (AvgIpc) is 2.33.